The monoisotopic (exact) mass is 182 g/mol. The lowest BCUT2D eigenvalue weighted by Crippen LogP contribution is -2.20. The lowest BCUT2D eigenvalue weighted by Gasteiger charge is -2.11. The van der Waals surface area contributed by atoms with Crippen molar-refractivity contribution in [2.24, 2.45) is 0 Å². The summed E-state index contributed by atoms with van der Waals surface area (Å²) < 4.78 is 4.97. The van der Waals surface area contributed by atoms with Gasteiger partial charge in [0, 0.05) is 32.2 Å². The molecule has 0 aliphatic rings. The molecular weight excluding hydrogens is 164 g/mol. The standard InChI is InChI=1S/C10H18N2O/c1-9(10-4-6-11-8-10)12-5-3-7-13-2/h4,6,8-9,11-12H,3,5,7H2,1-2H3/t9-/m0/s1. The molecule has 0 saturated carbocycles. The number of aromatic nitrogens is 1. The lowest BCUT2D eigenvalue weighted by atomic mass is 10.2. The van der Waals surface area contributed by atoms with Crippen molar-refractivity contribution in [3.8, 4) is 0 Å². The smallest absolute Gasteiger partial charge is 0.0474 e. The highest BCUT2D eigenvalue weighted by Crippen LogP contribution is 2.09. The summed E-state index contributed by atoms with van der Waals surface area (Å²) in [6, 6.07) is 2.51. The number of rotatable bonds is 6. The molecule has 0 aliphatic carbocycles. The van der Waals surface area contributed by atoms with Crippen LogP contribution in [0.1, 0.15) is 24.9 Å². The van der Waals surface area contributed by atoms with Crippen molar-refractivity contribution in [2.45, 2.75) is 19.4 Å². The van der Waals surface area contributed by atoms with E-state index < -0.39 is 0 Å². The van der Waals surface area contributed by atoms with Gasteiger partial charge in [0.25, 0.3) is 0 Å². The van der Waals surface area contributed by atoms with Crippen LogP contribution in [0.3, 0.4) is 0 Å². The molecule has 0 radical (unpaired) electrons. The summed E-state index contributed by atoms with van der Waals surface area (Å²) >= 11 is 0. The van der Waals surface area contributed by atoms with Gasteiger partial charge in [0.1, 0.15) is 0 Å². The first kappa shape index (κ1) is 10.3. The zero-order chi connectivity index (χ0) is 9.52. The van der Waals surface area contributed by atoms with Crippen LogP contribution in [0.15, 0.2) is 18.5 Å². The molecule has 0 aromatic carbocycles. The maximum atomic E-state index is 4.97. The fraction of sp³-hybridized carbons (Fsp3) is 0.600. The molecule has 0 saturated heterocycles. The van der Waals surface area contributed by atoms with Crippen LogP contribution in [0, 0.1) is 0 Å². The Morgan fingerprint density at radius 1 is 1.62 bits per heavy atom. The first-order valence-electron chi connectivity index (χ1n) is 4.69. The minimum absolute atomic E-state index is 0.420. The number of hydrogen-bond donors (Lipinski definition) is 2. The Morgan fingerprint density at radius 3 is 3.08 bits per heavy atom. The summed E-state index contributed by atoms with van der Waals surface area (Å²) in [5, 5.41) is 3.42. The molecule has 13 heavy (non-hydrogen) atoms. The van der Waals surface area contributed by atoms with Gasteiger partial charge in [-0.15, -0.1) is 0 Å². The van der Waals surface area contributed by atoms with Crippen molar-refractivity contribution in [2.75, 3.05) is 20.3 Å². The fourth-order valence-corrected chi connectivity index (χ4v) is 1.26. The summed E-state index contributed by atoms with van der Waals surface area (Å²) in [5.41, 5.74) is 1.30. The van der Waals surface area contributed by atoms with Gasteiger partial charge >= 0.3 is 0 Å². The summed E-state index contributed by atoms with van der Waals surface area (Å²) in [7, 11) is 1.73. The van der Waals surface area contributed by atoms with Crippen molar-refractivity contribution in [3.63, 3.8) is 0 Å². The van der Waals surface area contributed by atoms with E-state index in [9.17, 15) is 0 Å². The van der Waals surface area contributed by atoms with Gasteiger partial charge in [-0.3, -0.25) is 0 Å². The van der Waals surface area contributed by atoms with Crippen LogP contribution in [0.2, 0.25) is 0 Å². The van der Waals surface area contributed by atoms with Gasteiger partial charge in [-0.05, 0) is 31.5 Å². The number of nitrogens with one attached hydrogen (secondary N) is 2. The van der Waals surface area contributed by atoms with E-state index in [0.29, 0.717) is 6.04 Å². The topological polar surface area (TPSA) is 37.0 Å². The van der Waals surface area contributed by atoms with Gasteiger partial charge in [0.05, 0.1) is 0 Å². The highest BCUT2D eigenvalue weighted by molar-refractivity contribution is 5.12. The van der Waals surface area contributed by atoms with Crippen LogP contribution in [-0.2, 0) is 4.74 Å². The molecule has 2 N–H and O–H groups in total. The molecule has 1 rings (SSSR count). The molecule has 0 fully saturated rings. The van der Waals surface area contributed by atoms with Gasteiger partial charge in [-0.25, -0.2) is 0 Å². The second kappa shape index (κ2) is 5.78. The van der Waals surface area contributed by atoms with Gasteiger partial charge in [0.15, 0.2) is 0 Å². The molecule has 0 amide bonds. The average Bonchev–Trinajstić information content (AvgIpc) is 2.65. The highest BCUT2D eigenvalue weighted by Gasteiger charge is 2.02. The first-order valence-corrected chi connectivity index (χ1v) is 4.69. The third-order valence-corrected chi connectivity index (χ3v) is 2.10. The maximum Gasteiger partial charge on any atom is 0.0474 e. The Labute approximate surface area is 79.5 Å². The average molecular weight is 182 g/mol. The Bertz CT molecular complexity index is 209. The third kappa shape index (κ3) is 3.61. The Hall–Kier alpha value is -0.800. The Morgan fingerprint density at radius 2 is 2.46 bits per heavy atom. The molecule has 0 bridgehead atoms. The van der Waals surface area contributed by atoms with Crippen LogP contribution in [-0.4, -0.2) is 25.2 Å². The lowest BCUT2D eigenvalue weighted by molar-refractivity contribution is 0.193. The molecule has 3 nitrogen and oxygen atoms in total. The third-order valence-electron chi connectivity index (χ3n) is 2.10. The Balaban J connectivity index is 2.15. The second-order valence-electron chi connectivity index (χ2n) is 3.17. The summed E-state index contributed by atoms with van der Waals surface area (Å²) in [6.07, 6.45) is 5.03. The van der Waals surface area contributed by atoms with Crippen molar-refractivity contribution in [1.29, 1.82) is 0 Å². The quantitative estimate of drug-likeness (QED) is 0.657. The minimum Gasteiger partial charge on any atom is -0.385 e. The van der Waals surface area contributed by atoms with E-state index in [1.54, 1.807) is 7.11 Å². The van der Waals surface area contributed by atoms with Crippen LogP contribution in [0.4, 0.5) is 0 Å². The number of H-pyrrole nitrogens is 1. The van der Waals surface area contributed by atoms with E-state index in [-0.39, 0.29) is 0 Å². The van der Waals surface area contributed by atoms with Gasteiger partial charge in [0.2, 0.25) is 0 Å². The summed E-state index contributed by atoms with van der Waals surface area (Å²) in [5.74, 6) is 0. The van der Waals surface area contributed by atoms with Gasteiger partial charge in [-0.1, -0.05) is 0 Å². The fourth-order valence-electron chi connectivity index (χ4n) is 1.26. The SMILES string of the molecule is COCCCN[C@@H](C)c1cc[nH]c1. The van der Waals surface area contributed by atoms with Crippen LogP contribution < -0.4 is 5.32 Å². The molecule has 1 aromatic rings. The zero-order valence-electron chi connectivity index (χ0n) is 8.34. The van der Waals surface area contributed by atoms with E-state index in [0.717, 1.165) is 19.6 Å². The first-order chi connectivity index (χ1) is 6.34. The largest absolute Gasteiger partial charge is 0.385 e. The van der Waals surface area contributed by atoms with Crippen molar-refractivity contribution < 1.29 is 4.74 Å². The van der Waals surface area contributed by atoms with Crippen LogP contribution in [0.5, 0.6) is 0 Å². The van der Waals surface area contributed by atoms with E-state index in [2.05, 4.69) is 23.3 Å². The number of ether oxygens (including phenoxy) is 1. The highest BCUT2D eigenvalue weighted by atomic mass is 16.5. The molecular formula is C10H18N2O. The molecule has 0 aliphatic heterocycles. The van der Waals surface area contributed by atoms with Crippen LogP contribution >= 0.6 is 0 Å². The zero-order valence-corrected chi connectivity index (χ0v) is 8.34. The Kier molecular flexibility index (Phi) is 4.57. The predicted octanol–water partition coefficient (Wildman–Crippen LogP) is 1.70. The van der Waals surface area contributed by atoms with Crippen molar-refractivity contribution in [1.82, 2.24) is 10.3 Å². The van der Waals surface area contributed by atoms with E-state index in [1.807, 2.05) is 12.4 Å². The number of aromatic amines is 1. The van der Waals surface area contributed by atoms with Gasteiger partial charge < -0.3 is 15.0 Å². The van der Waals surface area contributed by atoms with E-state index in [4.69, 9.17) is 4.74 Å². The maximum absolute atomic E-state index is 4.97. The molecule has 3 heteroatoms. The van der Waals surface area contributed by atoms with Gasteiger partial charge in [-0.2, -0.15) is 0 Å². The summed E-state index contributed by atoms with van der Waals surface area (Å²) in [6.45, 7) is 3.99. The van der Waals surface area contributed by atoms with E-state index in [1.165, 1.54) is 5.56 Å². The van der Waals surface area contributed by atoms with E-state index >= 15 is 0 Å². The van der Waals surface area contributed by atoms with Crippen LogP contribution in [0.25, 0.3) is 0 Å². The molecule has 74 valence electrons. The molecule has 0 unspecified atom stereocenters. The molecule has 1 atom stereocenters. The molecule has 0 spiro atoms. The normalized spacial score (nSPS) is 13.1. The minimum atomic E-state index is 0.420. The second-order valence-corrected chi connectivity index (χ2v) is 3.17. The number of methoxy groups -OCH3 is 1. The molecule has 1 heterocycles. The predicted molar refractivity (Wildman–Crippen MR) is 53.7 cm³/mol. The van der Waals surface area contributed by atoms with Crippen molar-refractivity contribution >= 4 is 0 Å². The summed E-state index contributed by atoms with van der Waals surface area (Å²) in [4.78, 5) is 3.05. The molecule has 1 aromatic heterocycles. The number of hydrogen-bond acceptors (Lipinski definition) is 2. The van der Waals surface area contributed by atoms with Crippen molar-refractivity contribution in [3.05, 3.63) is 24.0 Å².